The van der Waals surface area contributed by atoms with Crippen LogP contribution in [0.1, 0.15) is 75.0 Å². The minimum atomic E-state index is -0.929. The number of nitrogens with zero attached hydrogens (tertiary/aromatic N) is 1. The van der Waals surface area contributed by atoms with Gasteiger partial charge in [-0.3, -0.25) is 9.69 Å². The largest absolute Gasteiger partial charge is 0.492 e. The van der Waals surface area contributed by atoms with E-state index < -0.39 is 12.7 Å². The summed E-state index contributed by atoms with van der Waals surface area (Å²) in [6.07, 6.45) is 1.66. The van der Waals surface area contributed by atoms with E-state index in [1.807, 2.05) is 46.7 Å². The second-order valence-corrected chi connectivity index (χ2v) is 10.8. The van der Waals surface area contributed by atoms with E-state index in [1.165, 1.54) is 11.1 Å². The van der Waals surface area contributed by atoms with Gasteiger partial charge in [0.25, 0.3) is 0 Å². The fourth-order valence-electron chi connectivity index (χ4n) is 4.68. The molecule has 34 heavy (non-hydrogen) atoms. The zero-order valence-electron chi connectivity index (χ0n) is 21.8. The lowest BCUT2D eigenvalue weighted by Crippen LogP contribution is -2.37. The highest BCUT2D eigenvalue weighted by Gasteiger charge is 2.40. The van der Waals surface area contributed by atoms with Crippen molar-refractivity contribution in [3.8, 4) is 0 Å². The number of carbonyl (C=O) groups is 1. The molecule has 0 unspecified atom stereocenters. The molecule has 0 saturated carbocycles. The average molecular weight is 463 g/mol. The van der Waals surface area contributed by atoms with Crippen LogP contribution in [-0.4, -0.2) is 47.4 Å². The first-order valence-electron chi connectivity index (χ1n) is 12.5. The molecule has 7 heteroatoms. The Morgan fingerprint density at radius 1 is 1.15 bits per heavy atom. The SMILES string of the molecule is CB(O)c1ccc2c(c1)CN(C(C)C)CC2.CC(C)CC(=O)c1ccc2c(c1)B(O)OC2(C)C. The van der Waals surface area contributed by atoms with Gasteiger partial charge in [0.15, 0.2) is 5.78 Å². The predicted octanol–water partition coefficient (Wildman–Crippen LogP) is 3.14. The molecular formula is C27H39B2NO4. The standard InChI is InChI=1S/C14H19BO3.C13H20BNO/c1-9(2)7-13(16)10-5-6-11-12(8-10)15(17)18-14(11,3)4;1-10(2)15-7-6-11-4-5-13(14(3)16)8-12(11)9-15/h5-6,8-9,17H,7H2,1-4H3;4-5,8,10,16H,6-7,9H2,1-3H3. The number of rotatable bonds is 5. The smallest absolute Gasteiger partial charge is 0.447 e. The van der Waals surface area contributed by atoms with Gasteiger partial charge in [-0.1, -0.05) is 57.1 Å². The lowest BCUT2D eigenvalue weighted by Gasteiger charge is -2.32. The molecule has 2 N–H and O–H groups in total. The molecule has 0 atom stereocenters. The first-order valence-corrected chi connectivity index (χ1v) is 12.5. The van der Waals surface area contributed by atoms with Crippen LogP contribution in [0.5, 0.6) is 0 Å². The highest BCUT2D eigenvalue weighted by atomic mass is 16.5. The molecule has 5 nitrogen and oxygen atoms in total. The number of hydrogen-bond donors (Lipinski definition) is 2. The molecule has 182 valence electrons. The predicted molar refractivity (Wildman–Crippen MR) is 141 cm³/mol. The van der Waals surface area contributed by atoms with Crippen LogP contribution >= 0.6 is 0 Å². The van der Waals surface area contributed by atoms with Crippen molar-refractivity contribution in [2.45, 2.75) is 79.4 Å². The van der Waals surface area contributed by atoms with Crippen LogP contribution in [0.15, 0.2) is 36.4 Å². The van der Waals surface area contributed by atoms with Crippen molar-refractivity contribution in [2.75, 3.05) is 6.54 Å². The fraction of sp³-hybridized carbons (Fsp3) is 0.519. The first-order chi connectivity index (χ1) is 15.9. The molecule has 2 heterocycles. The van der Waals surface area contributed by atoms with Gasteiger partial charge in [0, 0.05) is 31.1 Å². The number of Topliss-reactive ketones (excluding diaryl/α,β-unsaturated/α-hetero) is 1. The summed E-state index contributed by atoms with van der Waals surface area (Å²) in [5.41, 5.74) is 5.70. The van der Waals surface area contributed by atoms with Gasteiger partial charge < -0.3 is 14.7 Å². The molecule has 2 aromatic rings. The Hall–Kier alpha value is -1.92. The van der Waals surface area contributed by atoms with Crippen molar-refractivity contribution in [1.29, 1.82) is 0 Å². The third kappa shape index (κ3) is 6.19. The first kappa shape index (κ1) is 26.7. The third-order valence-corrected chi connectivity index (χ3v) is 6.77. The third-order valence-electron chi connectivity index (χ3n) is 6.77. The summed E-state index contributed by atoms with van der Waals surface area (Å²) in [5.74, 6) is 0.452. The van der Waals surface area contributed by atoms with Crippen molar-refractivity contribution in [3.05, 3.63) is 58.7 Å². The number of hydrogen-bond acceptors (Lipinski definition) is 5. The van der Waals surface area contributed by atoms with Crippen molar-refractivity contribution in [2.24, 2.45) is 5.92 Å². The minimum absolute atomic E-state index is 0.115. The molecule has 0 amide bonds. The lowest BCUT2D eigenvalue weighted by molar-refractivity contribution is 0.0964. The molecule has 0 spiro atoms. The fourth-order valence-corrected chi connectivity index (χ4v) is 4.68. The molecule has 2 aliphatic heterocycles. The number of carbonyl (C=O) groups excluding carboxylic acids is 1. The van der Waals surface area contributed by atoms with Gasteiger partial charge in [0.2, 0.25) is 0 Å². The van der Waals surface area contributed by atoms with Gasteiger partial charge in [0.1, 0.15) is 0 Å². The second-order valence-electron chi connectivity index (χ2n) is 10.8. The van der Waals surface area contributed by atoms with Gasteiger partial charge in [-0.05, 0) is 67.6 Å². The van der Waals surface area contributed by atoms with Crippen LogP contribution in [0.2, 0.25) is 6.82 Å². The monoisotopic (exact) mass is 463 g/mol. The van der Waals surface area contributed by atoms with Gasteiger partial charge >= 0.3 is 14.0 Å². The van der Waals surface area contributed by atoms with E-state index in [1.54, 1.807) is 6.07 Å². The van der Waals surface area contributed by atoms with Crippen molar-refractivity contribution >= 4 is 30.7 Å². The van der Waals surface area contributed by atoms with Crippen LogP contribution < -0.4 is 10.9 Å². The van der Waals surface area contributed by atoms with Crippen molar-refractivity contribution < 1.29 is 19.5 Å². The minimum Gasteiger partial charge on any atom is -0.447 e. The summed E-state index contributed by atoms with van der Waals surface area (Å²) in [6.45, 7) is 16.0. The molecule has 0 aromatic heterocycles. The summed E-state index contributed by atoms with van der Waals surface area (Å²) in [5, 5.41) is 19.5. The van der Waals surface area contributed by atoms with E-state index in [0.29, 0.717) is 23.9 Å². The highest BCUT2D eigenvalue weighted by molar-refractivity contribution is 6.64. The van der Waals surface area contributed by atoms with Crippen molar-refractivity contribution in [3.63, 3.8) is 0 Å². The topological polar surface area (TPSA) is 70.0 Å². The summed E-state index contributed by atoms with van der Waals surface area (Å²) in [6, 6.07) is 12.5. The van der Waals surface area contributed by atoms with E-state index in [4.69, 9.17) is 4.65 Å². The number of benzene rings is 2. The Morgan fingerprint density at radius 3 is 2.47 bits per heavy atom. The van der Waals surface area contributed by atoms with E-state index in [2.05, 4.69) is 36.9 Å². The maximum atomic E-state index is 12.0. The lowest BCUT2D eigenvalue weighted by atomic mass is 9.64. The summed E-state index contributed by atoms with van der Waals surface area (Å²) in [4.78, 5) is 14.5. The molecule has 0 fully saturated rings. The molecular weight excluding hydrogens is 424 g/mol. The van der Waals surface area contributed by atoms with Crippen LogP contribution in [-0.2, 0) is 23.2 Å². The summed E-state index contributed by atoms with van der Waals surface area (Å²) < 4.78 is 5.48. The van der Waals surface area contributed by atoms with Gasteiger partial charge in [-0.2, -0.15) is 0 Å². The quantitative estimate of drug-likeness (QED) is 0.527. The van der Waals surface area contributed by atoms with E-state index in [9.17, 15) is 14.8 Å². The molecule has 4 rings (SSSR count). The normalized spacial score (nSPS) is 16.7. The van der Waals surface area contributed by atoms with Crippen LogP contribution in [0.3, 0.4) is 0 Å². The van der Waals surface area contributed by atoms with E-state index in [0.717, 1.165) is 36.0 Å². The van der Waals surface area contributed by atoms with E-state index in [-0.39, 0.29) is 12.7 Å². The van der Waals surface area contributed by atoms with Gasteiger partial charge in [-0.15, -0.1) is 0 Å². The van der Waals surface area contributed by atoms with E-state index >= 15 is 0 Å². The zero-order valence-corrected chi connectivity index (χ0v) is 21.8. The van der Waals surface area contributed by atoms with Gasteiger partial charge in [-0.25, -0.2) is 0 Å². The Morgan fingerprint density at radius 2 is 1.85 bits per heavy atom. The highest BCUT2D eigenvalue weighted by Crippen LogP contribution is 2.30. The number of fused-ring (bicyclic) bond motifs is 2. The molecule has 0 aliphatic carbocycles. The van der Waals surface area contributed by atoms with Crippen molar-refractivity contribution in [1.82, 2.24) is 4.90 Å². The van der Waals surface area contributed by atoms with Crippen LogP contribution in [0, 0.1) is 5.92 Å². The molecule has 0 saturated heterocycles. The van der Waals surface area contributed by atoms with Crippen LogP contribution in [0.25, 0.3) is 0 Å². The van der Waals surface area contributed by atoms with Gasteiger partial charge in [0.05, 0.1) is 5.60 Å². The Balaban J connectivity index is 0.000000192. The number of ketones is 1. The Bertz CT molecular complexity index is 1020. The Labute approximate surface area is 205 Å². The maximum Gasteiger partial charge on any atom is 0.492 e. The second kappa shape index (κ2) is 10.8. The summed E-state index contributed by atoms with van der Waals surface area (Å²) >= 11 is 0. The molecule has 2 aliphatic rings. The molecule has 0 bridgehead atoms. The molecule has 0 radical (unpaired) electrons. The maximum absolute atomic E-state index is 12.0. The van der Waals surface area contributed by atoms with Crippen LogP contribution in [0.4, 0.5) is 0 Å². The average Bonchev–Trinajstić information content (AvgIpc) is 3.00. The molecule has 2 aromatic carbocycles. The summed E-state index contributed by atoms with van der Waals surface area (Å²) in [7, 11) is -0.929. The Kier molecular flexibility index (Phi) is 8.46. The zero-order chi connectivity index (χ0) is 25.2.